The number of rotatable bonds is 8. The van der Waals surface area contributed by atoms with E-state index in [0.717, 1.165) is 54.3 Å². The molecule has 0 atom stereocenters. The second kappa shape index (κ2) is 11.1. The van der Waals surface area contributed by atoms with E-state index in [-0.39, 0.29) is 17.3 Å². The Morgan fingerprint density at radius 1 is 0.951 bits per heavy atom. The van der Waals surface area contributed by atoms with E-state index in [0.29, 0.717) is 17.1 Å². The van der Waals surface area contributed by atoms with Crippen molar-refractivity contribution in [1.82, 2.24) is 14.5 Å². The maximum Gasteiger partial charge on any atom is 0.238 e. The molecular weight excluding hydrogens is 540 g/mol. The number of methoxy groups -OCH3 is 1. The van der Waals surface area contributed by atoms with E-state index >= 15 is 0 Å². The molecule has 0 amide bonds. The van der Waals surface area contributed by atoms with Crippen LogP contribution in [0.4, 0.5) is 17.3 Å². The molecule has 2 aromatic heterocycles. The van der Waals surface area contributed by atoms with Gasteiger partial charge < -0.3 is 20.1 Å². The molecule has 5 aromatic rings. The highest BCUT2D eigenvalue weighted by molar-refractivity contribution is 7.91. The average molecular weight is 571 g/mol. The van der Waals surface area contributed by atoms with Crippen LogP contribution < -0.4 is 20.1 Å². The zero-order chi connectivity index (χ0) is 28.4. The SMILES string of the molecule is COc1ncc(-c2ccc3nc(N)n(-c4ccc(N5CCOCC5)cc4)c3c2)cc1NS(=O)(=O)Cc1ccccc1. The van der Waals surface area contributed by atoms with Crippen LogP contribution in [-0.2, 0) is 20.5 Å². The zero-order valence-electron chi connectivity index (χ0n) is 22.5. The van der Waals surface area contributed by atoms with Crippen molar-refractivity contribution in [3.8, 4) is 22.7 Å². The lowest BCUT2D eigenvalue weighted by Gasteiger charge is -2.29. The first-order valence-corrected chi connectivity index (χ1v) is 14.9. The van der Waals surface area contributed by atoms with Crippen molar-refractivity contribution in [2.24, 2.45) is 0 Å². The summed E-state index contributed by atoms with van der Waals surface area (Å²) in [7, 11) is -2.26. The molecule has 1 fully saturated rings. The summed E-state index contributed by atoms with van der Waals surface area (Å²) in [6.45, 7) is 3.17. The fraction of sp³-hybridized carbons (Fsp3) is 0.200. The number of sulfonamides is 1. The van der Waals surface area contributed by atoms with Gasteiger partial charge in [0.15, 0.2) is 0 Å². The Kier molecular flexibility index (Phi) is 7.21. The molecule has 3 heterocycles. The summed E-state index contributed by atoms with van der Waals surface area (Å²) in [6.07, 6.45) is 1.65. The number of nitrogens with two attached hydrogens (primary N) is 1. The van der Waals surface area contributed by atoms with Gasteiger partial charge in [-0.05, 0) is 53.6 Å². The number of pyridine rings is 1. The number of hydrogen-bond donors (Lipinski definition) is 2. The van der Waals surface area contributed by atoms with E-state index in [1.54, 1.807) is 36.5 Å². The fourth-order valence-corrected chi connectivity index (χ4v) is 6.21. The number of benzene rings is 3. The summed E-state index contributed by atoms with van der Waals surface area (Å²) in [5, 5.41) is 0. The molecule has 0 bridgehead atoms. The number of morpholine rings is 1. The van der Waals surface area contributed by atoms with Gasteiger partial charge in [0.25, 0.3) is 0 Å². The topological polar surface area (TPSA) is 125 Å². The summed E-state index contributed by atoms with van der Waals surface area (Å²) in [5.74, 6) is 0.385. The van der Waals surface area contributed by atoms with Crippen molar-refractivity contribution in [2.45, 2.75) is 5.75 Å². The number of anilines is 3. The van der Waals surface area contributed by atoms with Gasteiger partial charge in [-0.3, -0.25) is 9.29 Å². The molecule has 1 aliphatic heterocycles. The van der Waals surface area contributed by atoms with Crippen LogP contribution in [0.3, 0.4) is 0 Å². The molecule has 0 unspecified atom stereocenters. The van der Waals surface area contributed by atoms with E-state index < -0.39 is 10.0 Å². The zero-order valence-corrected chi connectivity index (χ0v) is 23.3. The molecule has 210 valence electrons. The highest BCUT2D eigenvalue weighted by Gasteiger charge is 2.18. The minimum absolute atomic E-state index is 0.171. The van der Waals surface area contributed by atoms with Crippen LogP contribution in [0.5, 0.6) is 5.88 Å². The first-order valence-electron chi connectivity index (χ1n) is 13.2. The molecule has 0 spiro atoms. The van der Waals surface area contributed by atoms with Crippen molar-refractivity contribution in [3.63, 3.8) is 0 Å². The molecule has 41 heavy (non-hydrogen) atoms. The molecular formula is C30H30N6O4S. The maximum atomic E-state index is 13.0. The summed E-state index contributed by atoms with van der Waals surface area (Å²) in [4.78, 5) is 11.2. The third-order valence-corrected chi connectivity index (χ3v) is 8.25. The van der Waals surface area contributed by atoms with Crippen molar-refractivity contribution in [1.29, 1.82) is 0 Å². The standard InChI is InChI=1S/C30H30N6O4S/c1-39-29-27(34-41(37,38)20-21-5-3-2-4-6-21)17-23(19-32-29)22-7-12-26-28(18-22)36(30(31)33-26)25-10-8-24(9-11-25)35-13-15-40-16-14-35/h2-12,17-19,34H,13-16,20H2,1H3,(H2,31,33). The Hall–Kier alpha value is -4.61. The average Bonchev–Trinajstić information content (AvgIpc) is 3.32. The molecule has 11 heteroatoms. The van der Waals surface area contributed by atoms with E-state index in [1.165, 1.54) is 7.11 Å². The number of fused-ring (bicyclic) bond motifs is 1. The minimum Gasteiger partial charge on any atom is -0.480 e. The monoisotopic (exact) mass is 570 g/mol. The summed E-state index contributed by atoms with van der Waals surface area (Å²) in [6, 6.07) is 24.7. The van der Waals surface area contributed by atoms with Crippen LogP contribution in [0, 0.1) is 0 Å². The maximum absolute atomic E-state index is 13.0. The first kappa shape index (κ1) is 26.6. The fourth-order valence-electron chi connectivity index (χ4n) is 5.02. The van der Waals surface area contributed by atoms with Gasteiger partial charge >= 0.3 is 0 Å². The second-order valence-electron chi connectivity index (χ2n) is 9.75. The molecule has 10 nitrogen and oxygen atoms in total. The predicted molar refractivity (Wildman–Crippen MR) is 161 cm³/mol. The second-order valence-corrected chi connectivity index (χ2v) is 11.5. The molecule has 1 aliphatic rings. The van der Waals surface area contributed by atoms with E-state index in [1.807, 2.05) is 41.0 Å². The highest BCUT2D eigenvalue weighted by Crippen LogP contribution is 2.33. The van der Waals surface area contributed by atoms with Crippen LogP contribution in [0.25, 0.3) is 27.8 Å². The number of aromatic nitrogens is 3. The van der Waals surface area contributed by atoms with Gasteiger partial charge in [-0.15, -0.1) is 0 Å². The lowest BCUT2D eigenvalue weighted by molar-refractivity contribution is 0.122. The van der Waals surface area contributed by atoms with Crippen molar-refractivity contribution < 1.29 is 17.9 Å². The van der Waals surface area contributed by atoms with Crippen LogP contribution in [-0.4, -0.2) is 56.4 Å². The van der Waals surface area contributed by atoms with Gasteiger partial charge in [0, 0.05) is 36.2 Å². The van der Waals surface area contributed by atoms with E-state index in [4.69, 9.17) is 15.2 Å². The van der Waals surface area contributed by atoms with Crippen LogP contribution in [0.1, 0.15) is 5.56 Å². The van der Waals surface area contributed by atoms with Crippen LogP contribution in [0.15, 0.2) is 85.1 Å². The van der Waals surface area contributed by atoms with Gasteiger partial charge in [0.1, 0.15) is 5.69 Å². The number of hydrogen-bond acceptors (Lipinski definition) is 8. The lowest BCUT2D eigenvalue weighted by atomic mass is 10.1. The number of nitrogens with zero attached hydrogens (tertiary/aromatic N) is 4. The summed E-state index contributed by atoms with van der Waals surface area (Å²) < 4.78 is 41.3. The van der Waals surface area contributed by atoms with E-state index in [9.17, 15) is 8.42 Å². The number of nitrogens with one attached hydrogen (secondary N) is 1. The minimum atomic E-state index is -3.72. The molecule has 3 N–H and O–H groups in total. The molecule has 1 saturated heterocycles. The Bertz CT molecular complexity index is 1780. The summed E-state index contributed by atoms with van der Waals surface area (Å²) >= 11 is 0. The van der Waals surface area contributed by atoms with Gasteiger partial charge in [-0.2, -0.15) is 0 Å². The van der Waals surface area contributed by atoms with Gasteiger partial charge in [0.05, 0.1) is 37.1 Å². The third-order valence-electron chi connectivity index (χ3n) is 7.01. The Balaban J connectivity index is 1.32. The number of nitrogen functional groups attached to an aromatic ring is 1. The van der Waals surface area contributed by atoms with Crippen molar-refractivity contribution in [3.05, 3.63) is 90.6 Å². The highest BCUT2D eigenvalue weighted by atomic mass is 32.2. The predicted octanol–water partition coefficient (Wildman–Crippen LogP) is 4.46. The van der Waals surface area contributed by atoms with E-state index in [2.05, 4.69) is 31.7 Å². The van der Waals surface area contributed by atoms with Crippen molar-refractivity contribution >= 4 is 38.4 Å². The Morgan fingerprint density at radius 2 is 1.68 bits per heavy atom. The van der Waals surface area contributed by atoms with Crippen LogP contribution >= 0.6 is 0 Å². The van der Waals surface area contributed by atoms with Gasteiger partial charge in [0.2, 0.25) is 21.9 Å². The summed E-state index contributed by atoms with van der Waals surface area (Å²) in [5.41, 5.74) is 12.4. The van der Waals surface area contributed by atoms with Gasteiger partial charge in [-0.1, -0.05) is 36.4 Å². The number of imidazole rings is 1. The first-order chi connectivity index (χ1) is 19.9. The number of ether oxygens (including phenoxy) is 2. The Morgan fingerprint density at radius 3 is 2.41 bits per heavy atom. The lowest BCUT2D eigenvalue weighted by Crippen LogP contribution is -2.36. The smallest absolute Gasteiger partial charge is 0.238 e. The quantitative estimate of drug-likeness (QED) is 0.280. The molecule has 3 aromatic carbocycles. The Labute approximate surface area is 238 Å². The largest absolute Gasteiger partial charge is 0.480 e. The molecule has 6 rings (SSSR count). The van der Waals surface area contributed by atoms with Crippen molar-refractivity contribution in [2.75, 3.05) is 48.8 Å². The normalized spacial score (nSPS) is 13.8. The third kappa shape index (κ3) is 5.67. The molecule has 0 saturated carbocycles. The molecule has 0 aliphatic carbocycles. The molecule has 0 radical (unpaired) electrons. The van der Waals surface area contributed by atoms with Crippen LogP contribution in [0.2, 0.25) is 0 Å². The van der Waals surface area contributed by atoms with Gasteiger partial charge in [-0.25, -0.2) is 18.4 Å².